The van der Waals surface area contributed by atoms with Crippen LogP contribution in [0.2, 0.25) is 0 Å². The van der Waals surface area contributed by atoms with E-state index in [1.807, 2.05) is 11.8 Å². The fraction of sp³-hybridized carbons (Fsp3) is 0.0714. The standard InChI is InChI=1S/C42H30N2S/c1-42(2)37-20-19-33(26-40(37)44-39-14-8-7-13-38(39)43-41(44)45-42)36-24-34(31-17-15-27-9-3-5-11-29(27)21-31)23-35(25-36)32-18-16-28-10-4-6-12-30(28)22-32/h3-26H,1-2H3. The van der Waals surface area contributed by atoms with Gasteiger partial charge in [-0.25, -0.2) is 4.98 Å². The van der Waals surface area contributed by atoms with Gasteiger partial charge in [0, 0.05) is 4.75 Å². The van der Waals surface area contributed by atoms with Crippen LogP contribution in [0.5, 0.6) is 0 Å². The number of fused-ring (bicyclic) bond motifs is 7. The van der Waals surface area contributed by atoms with E-state index in [-0.39, 0.29) is 4.75 Å². The van der Waals surface area contributed by atoms with Crippen molar-refractivity contribution in [2.45, 2.75) is 23.8 Å². The van der Waals surface area contributed by atoms with Gasteiger partial charge >= 0.3 is 0 Å². The lowest BCUT2D eigenvalue weighted by Crippen LogP contribution is -2.21. The van der Waals surface area contributed by atoms with Crippen molar-refractivity contribution < 1.29 is 0 Å². The summed E-state index contributed by atoms with van der Waals surface area (Å²) in [4.78, 5) is 5.03. The zero-order chi connectivity index (χ0) is 30.1. The molecule has 214 valence electrons. The summed E-state index contributed by atoms with van der Waals surface area (Å²) in [5.74, 6) is 0. The Labute approximate surface area is 267 Å². The second-order valence-electron chi connectivity index (χ2n) is 12.5. The normalized spacial score (nSPS) is 13.6. The molecule has 0 saturated heterocycles. The molecule has 1 aliphatic heterocycles. The highest BCUT2D eigenvalue weighted by Gasteiger charge is 2.34. The molecule has 8 aromatic rings. The van der Waals surface area contributed by atoms with E-state index in [9.17, 15) is 0 Å². The zero-order valence-electron chi connectivity index (χ0n) is 25.2. The molecule has 0 atom stereocenters. The molecule has 0 unspecified atom stereocenters. The van der Waals surface area contributed by atoms with Gasteiger partial charge in [0.15, 0.2) is 5.16 Å². The zero-order valence-corrected chi connectivity index (χ0v) is 26.0. The first kappa shape index (κ1) is 26.3. The molecule has 0 radical (unpaired) electrons. The molecule has 7 aromatic carbocycles. The monoisotopic (exact) mass is 594 g/mol. The summed E-state index contributed by atoms with van der Waals surface area (Å²) in [6, 6.07) is 53.3. The summed E-state index contributed by atoms with van der Waals surface area (Å²) in [7, 11) is 0. The summed E-state index contributed by atoms with van der Waals surface area (Å²) in [5.41, 5.74) is 12.0. The molecule has 45 heavy (non-hydrogen) atoms. The lowest BCUT2D eigenvalue weighted by molar-refractivity contribution is 0.729. The molecule has 0 N–H and O–H groups in total. The van der Waals surface area contributed by atoms with E-state index < -0.39 is 0 Å². The van der Waals surface area contributed by atoms with E-state index in [2.05, 4.69) is 164 Å². The van der Waals surface area contributed by atoms with Crippen molar-refractivity contribution in [2.24, 2.45) is 0 Å². The van der Waals surface area contributed by atoms with Gasteiger partial charge in [0.05, 0.1) is 16.7 Å². The van der Waals surface area contributed by atoms with Crippen LogP contribution in [0.1, 0.15) is 19.4 Å². The third-order valence-corrected chi connectivity index (χ3v) is 10.4. The lowest BCUT2D eigenvalue weighted by Gasteiger charge is -2.32. The Kier molecular flexibility index (Phi) is 5.81. The van der Waals surface area contributed by atoms with Crippen LogP contribution in [0.15, 0.2) is 151 Å². The van der Waals surface area contributed by atoms with E-state index in [0.29, 0.717) is 0 Å². The van der Waals surface area contributed by atoms with Crippen LogP contribution in [0.25, 0.3) is 71.6 Å². The SMILES string of the molecule is CC1(C)Sc2nc3ccccc3n2-c2cc(-c3cc(-c4ccc5ccccc5c4)cc(-c4ccc5ccccc5c4)c3)ccc21. The first-order valence-electron chi connectivity index (χ1n) is 15.5. The number of benzene rings is 7. The lowest BCUT2D eigenvalue weighted by atomic mass is 9.90. The smallest absolute Gasteiger partial charge is 0.174 e. The number of thioether (sulfide) groups is 1. The molecular weight excluding hydrogens is 565 g/mol. The van der Waals surface area contributed by atoms with Gasteiger partial charge in [0.2, 0.25) is 0 Å². The summed E-state index contributed by atoms with van der Waals surface area (Å²) in [5, 5.41) is 6.06. The van der Waals surface area contributed by atoms with Crippen LogP contribution < -0.4 is 0 Å². The largest absolute Gasteiger partial charge is 0.287 e. The predicted octanol–water partition coefficient (Wildman–Crippen LogP) is 11.7. The van der Waals surface area contributed by atoms with Crippen molar-refractivity contribution in [1.82, 2.24) is 9.55 Å². The molecule has 3 heteroatoms. The van der Waals surface area contributed by atoms with Gasteiger partial charge < -0.3 is 0 Å². The number of nitrogens with zero attached hydrogens (tertiary/aromatic N) is 2. The van der Waals surface area contributed by atoms with E-state index >= 15 is 0 Å². The van der Waals surface area contributed by atoms with Crippen LogP contribution in [0, 0.1) is 0 Å². The topological polar surface area (TPSA) is 17.8 Å². The molecule has 0 spiro atoms. The summed E-state index contributed by atoms with van der Waals surface area (Å²) in [6.45, 7) is 4.61. The Morgan fingerprint density at radius 3 is 1.62 bits per heavy atom. The maximum Gasteiger partial charge on any atom is 0.174 e. The van der Waals surface area contributed by atoms with Gasteiger partial charge in [-0.1, -0.05) is 109 Å². The Balaban J connectivity index is 1.27. The first-order chi connectivity index (χ1) is 22.0. The molecule has 9 rings (SSSR count). The summed E-state index contributed by atoms with van der Waals surface area (Å²) in [6.07, 6.45) is 0. The van der Waals surface area contributed by atoms with Crippen molar-refractivity contribution in [1.29, 1.82) is 0 Å². The number of hydrogen-bond donors (Lipinski definition) is 0. The molecule has 2 heterocycles. The maximum atomic E-state index is 5.03. The third kappa shape index (κ3) is 4.38. The van der Waals surface area contributed by atoms with Crippen LogP contribution >= 0.6 is 11.8 Å². The van der Waals surface area contributed by atoms with Gasteiger partial charge in [0.25, 0.3) is 0 Å². The van der Waals surface area contributed by atoms with Crippen LogP contribution in [-0.4, -0.2) is 9.55 Å². The minimum atomic E-state index is -0.0889. The summed E-state index contributed by atoms with van der Waals surface area (Å²) < 4.78 is 2.26. The second kappa shape index (κ2) is 9.95. The molecule has 0 saturated carbocycles. The van der Waals surface area contributed by atoms with Gasteiger partial charge in [-0.3, -0.25) is 4.57 Å². The van der Waals surface area contributed by atoms with Gasteiger partial charge in [-0.05, 0) is 123 Å². The van der Waals surface area contributed by atoms with Crippen molar-refractivity contribution in [3.63, 3.8) is 0 Å². The average molecular weight is 595 g/mol. The minimum absolute atomic E-state index is 0.0889. The molecular formula is C42H30N2S. The average Bonchev–Trinajstić information content (AvgIpc) is 3.45. The Hall–Kier alpha value is -5.12. The molecule has 2 nitrogen and oxygen atoms in total. The van der Waals surface area contributed by atoms with Crippen LogP contribution in [0.4, 0.5) is 0 Å². The van der Waals surface area contributed by atoms with Crippen molar-refractivity contribution >= 4 is 44.3 Å². The maximum absolute atomic E-state index is 5.03. The van der Waals surface area contributed by atoms with Crippen molar-refractivity contribution in [3.8, 4) is 39.1 Å². The van der Waals surface area contributed by atoms with E-state index in [0.717, 1.165) is 16.2 Å². The van der Waals surface area contributed by atoms with Crippen LogP contribution in [0.3, 0.4) is 0 Å². The number of rotatable bonds is 3. The molecule has 0 fully saturated rings. The number of hydrogen-bond acceptors (Lipinski definition) is 2. The van der Waals surface area contributed by atoms with Crippen molar-refractivity contribution in [3.05, 3.63) is 151 Å². The van der Waals surface area contributed by atoms with Crippen molar-refractivity contribution in [2.75, 3.05) is 0 Å². The fourth-order valence-electron chi connectivity index (χ4n) is 6.86. The fourth-order valence-corrected chi connectivity index (χ4v) is 8.03. The van der Waals surface area contributed by atoms with E-state index in [1.54, 1.807) is 0 Å². The van der Waals surface area contributed by atoms with Crippen LogP contribution in [-0.2, 0) is 4.75 Å². The highest BCUT2D eigenvalue weighted by Crippen LogP contribution is 2.50. The van der Waals surface area contributed by atoms with Gasteiger partial charge in [-0.15, -0.1) is 0 Å². The third-order valence-electron chi connectivity index (χ3n) is 9.20. The molecule has 0 amide bonds. The van der Waals surface area contributed by atoms with Gasteiger partial charge in [0.1, 0.15) is 0 Å². The number of imidazole rings is 1. The van der Waals surface area contributed by atoms with E-state index in [4.69, 9.17) is 4.98 Å². The second-order valence-corrected chi connectivity index (χ2v) is 14.1. The number of para-hydroxylation sites is 2. The van der Waals surface area contributed by atoms with Gasteiger partial charge in [-0.2, -0.15) is 0 Å². The highest BCUT2D eigenvalue weighted by molar-refractivity contribution is 8.00. The Morgan fingerprint density at radius 2 is 1.00 bits per heavy atom. The predicted molar refractivity (Wildman–Crippen MR) is 191 cm³/mol. The molecule has 1 aliphatic rings. The quantitative estimate of drug-likeness (QED) is 0.202. The Morgan fingerprint density at radius 1 is 0.489 bits per heavy atom. The number of aromatic nitrogens is 2. The Bertz CT molecular complexity index is 2350. The molecule has 0 bridgehead atoms. The first-order valence-corrected chi connectivity index (χ1v) is 16.3. The van der Waals surface area contributed by atoms with E-state index in [1.165, 1.54) is 66.2 Å². The molecule has 0 aliphatic carbocycles. The molecule has 1 aromatic heterocycles. The highest BCUT2D eigenvalue weighted by atomic mass is 32.2. The minimum Gasteiger partial charge on any atom is -0.287 e. The summed E-state index contributed by atoms with van der Waals surface area (Å²) >= 11 is 1.84.